The van der Waals surface area contributed by atoms with Crippen molar-refractivity contribution in [2.24, 2.45) is 7.05 Å². The van der Waals surface area contributed by atoms with Gasteiger partial charge in [-0.2, -0.15) is 0 Å². The second-order valence-electron chi connectivity index (χ2n) is 5.42. The number of carbonyl (C=O) groups is 1. The Morgan fingerprint density at radius 1 is 1.33 bits per heavy atom. The predicted octanol–water partition coefficient (Wildman–Crippen LogP) is 2.55. The van der Waals surface area contributed by atoms with Crippen LogP contribution in [0.15, 0.2) is 34.9 Å². The fourth-order valence-electron chi connectivity index (χ4n) is 2.25. The van der Waals surface area contributed by atoms with Crippen LogP contribution in [0.5, 0.6) is 11.5 Å². The number of anilines is 1. The van der Waals surface area contributed by atoms with Gasteiger partial charge in [0.1, 0.15) is 17.0 Å². The van der Waals surface area contributed by atoms with Crippen LogP contribution in [-0.2, 0) is 11.8 Å². The highest BCUT2D eigenvalue weighted by atomic mass is 32.2. The van der Waals surface area contributed by atoms with E-state index < -0.39 is 0 Å². The molecular formula is C16H18N6O3S2. The second kappa shape index (κ2) is 8.82. The Morgan fingerprint density at radius 2 is 2.15 bits per heavy atom. The van der Waals surface area contributed by atoms with Gasteiger partial charge in [0.15, 0.2) is 17.1 Å². The van der Waals surface area contributed by atoms with Crippen molar-refractivity contribution >= 4 is 34.1 Å². The first kappa shape index (κ1) is 19.1. The van der Waals surface area contributed by atoms with E-state index in [2.05, 4.69) is 25.7 Å². The maximum absolute atomic E-state index is 12.0. The number of hydrogen-bond acceptors (Lipinski definition) is 9. The van der Waals surface area contributed by atoms with Crippen molar-refractivity contribution < 1.29 is 14.3 Å². The Balaban J connectivity index is 1.59. The largest absolute Gasteiger partial charge is 0.497 e. The smallest absolute Gasteiger partial charge is 0.236 e. The Hall–Kier alpha value is -2.66. The molecule has 0 saturated heterocycles. The highest BCUT2D eigenvalue weighted by Crippen LogP contribution is 2.26. The van der Waals surface area contributed by atoms with Gasteiger partial charge >= 0.3 is 0 Å². The molecule has 0 aliphatic heterocycles. The monoisotopic (exact) mass is 406 g/mol. The molecule has 1 unspecified atom stereocenters. The van der Waals surface area contributed by atoms with Gasteiger partial charge in [-0.1, -0.05) is 29.2 Å². The third-order valence-electron chi connectivity index (χ3n) is 3.53. The van der Waals surface area contributed by atoms with E-state index in [0.717, 1.165) is 5.75 Å². The molecule has 0 bridgehead atoms. The maximum Gasteiger partial charge on any atom is 0.236 e. The van der Waals surface area contributed by atoms with Crippen LogP contribution in [0.1, 0.15) is 18.9 Å². The van der Waals surface area contributed by atoms with Crippen LogP contribution >= 0.6 is 23.1 Å². The maximum atomic E-state index is 12.0. The molecule has 142 valence electrons. The summed E-state index contributed by atoms with van der Waals surface area (Å²) in [7, 11) is 3.45. The van der Waals surface area contributed by atoms with Gasteiger partial charge in [0.05, 0.1) is 12.9 Å². The first-order chi connectivity index (χ1) is 13.1. The third kappa shape index (κ3) is 4.95. The minimum absolute atomic E-state index is 0.179. The summed E-state index contributed by atoms with van der Waals surface area (Å²) in [6.45, 7) is 1.89. The molecular weight excluding hydrogens is 388 g/mol. The Morgan fingerprint density at radius 3 is 2.89 bits per heavy atom. The Kier molecular flexibility index (Phi) is 6.24. The summed E-state index contributed by atoms with van der Waals surface area (Å²) in [6.07, 6.45) is -0.320. The average molecular weight is 406 g/mol. The minimum Gasteiger partial charge on any atom is -0.497 e. The molecule has 9 nitrogen and oxygen atoms in total. The number of nitrogens with zero attached hydrogens (tertiary/aromatic N) is 5. The van der Waals surface area contributed by atoms with Gasteiger partial charge in [-0.05, 0) is 19.1 Å². The van der Waals surface area contributed by atoms with E-state index in [1.807, 2.05) is 36.7 Å². The lowest BCUT2D eigenvalue weighted by molar-refractivity contribution is -0.113. The van der Waals surface area contributed by atoms with Gasteiger partial charge in [0, 0.05) is 13.1 Å². The summed E-state index contributed by atoms with van der Waals surface area (Å²) in [5, 5.41) is 19.6. The van der Waals surface area contributed by atoms with Crippen molar-refractivity contribution in [2.75, 3.05) is 18.2 Å². The van der Waals surface area contributed by atoms with Gasteiger partial charge in [-0.15, -0.1) is 20.4 Å². The normalized spacial score (nSPS) is 11.8. The Bertz CT molecular complexity index is 899. The van der Waals surface area contributed by atoms with Crippen LogP contribution < -0.4 is 14.8 Å². The standard InChI is InChI=1S/C16H18N6O3S2/c1-10(25-12-6-4-5-11(7-12)24-3)14-19-21-16(22(14)2)26-8-13(23)18-15-20-17-9-27-15/h4-7,9-10H,8H2,1-3H3,(H,18,20,23). The number of rotatable bonds is 8. The molecule has 27 heavy (non-hydrogen) atoms. The van der Waals surface area contributed by atoms with Crippen molar-refractivity contribution in [3.8, 4) is 11.5 Å². The molecule has 1 N–H and O–H groups in total. The minimum atomic E-state index is -0.320. The van der Waals surface area contributed by atoms with Gasteiger partial charge in [-0.3, -0.25) is 10.1 Å². The lowest BCUT2D eigenvalue weighted by Crippen LogP contribution is -2.14. The van der Waals surface area contributed by atoms with Crippen molar-refractivity contribution in [2.45, 2.75) is 18.2 Å². The van der Waals surface area contributed by atoms with Gasteiger partial charge < -0.3 is 14.0 Å². The van der Waals surface area contributed by atoms with Gasteiger partial charge in [-0.25, -0.2) is 0 Å². The lowest BCUT2D eigenvalue weighted by Gasteiger charge is -2.14. The highest BCUT2D eigenvalue weighted by molar-refractivity contribution is 7.99. The summed E-state index contributed by atoms with van der Waals surface area (Å²) in [5.74, 6) is 2.06. The molecule has 0 saturated carbocycles. The number of thioether (sulfide) groups is 1. The van der Waals surface area contributed by atoms with Crippen molar-refractivity contribution in [1.82, 2.24) is 25.0 Å². The summed E-state index contributed by atoms with van der Waals surface area (Å²) in [6, 6.07) is 7.36. The second-order valence-corrected chi connectivity index (χ2v) is 7.20. The van der Waals surface area contributed by atoms with Crippen LogP contribution in [0, 0.1) is 0 Å². The SMILES string of the molecule is COc1cccc(OC(C)c2nnc(SCC(=O)Nc3nncs3)n2C)c1. The van der Waals surface area contributed by atoms with Crippen LogP contribution in [-0.4, -0.2) is 43.7 Å². The van der Waals surface area contributed by atoms with E-state index in [4.69, 9.17) is 9.47 Å². The van der Waals surface area contributed by atoms with E-state index in [9.17, 15) is 4.79 Å². The van der Waals surface area contributed by atoms with Crippen LogP contribution in [0.4, 0.5) is 5.13 Å². The van der Waals surface area contributed by atoms with E-state index in [1.54, 1.807) is 18.7 Å². The predicted molar refractivity (Wildman–Crippen MR) is 102 cm³/mol. The van der Waals surface area contributed by atoms with Crippen LogP contribution in [0.2, 0.25) is 0 Å². The molecule has 1 aromatic carbocycles. The number of amides is 1. The fraction of sp³-hybridized carbons (Fsp3) is 0.312. The highest BCUT2D eigenvalue weighted by Gasteiger charge is 2.18. The van der Waals surface area contributed by atoms with Crippen molar-refractivity contribution in [1.29, 1.82) is 0 Å². The van der Waals surface area contributed by atoms with E-state index in [0.29, 0.717) is 21.9 Å². The first-order valence-corrected chi connectivity index (χ1v) is 9.82. The molecule has 1 amide bonds. The zero-order chi connectivity index (χ0) is 19.2. The van der Waals surface area contributed by atoms with Gasteiger partial charge in [0.2, 0.25) is 11.0 Å². The van der Waals surface area contributed by atoms with Crippen LogP contribution in [0.25, 0.3) is 0 Å². The number of methoxy groups -OCH3 is 1. The zero-order valence-corrected chi connectivity index (χ0v) is 16.6. The molecule has 3 aromatic rings. The molecule has 2 heterocycles. The molecule has 1 atom stereocenters. The third-order valence-corrected chi connectivity index (χ3v) is 5.15. The molecule has 0 spiro atoms. The Labute approximate surface area is 164 Å². The number of benzene rings is 1. The number of ether oxygens (including phenoxy) is 2. The van der Waals surface area contributed by atoms with E-state index in [1.165, 1.54) is 23.1 Å². The van der Waals surface area contributed by atoms with Crippen LogP contribution in [0.3, 0.4) is 0 Å². The summed E-state index contributed by atoms with van der Waals surface area (Å²) < 4.78 is 12.9. The van der Waals surface area contributed by atoms with E-state index >= 15 is 0 Å². The molecule has 0 fully saturated rings. The lowest BCUT2D eigenvalue weighted by atomic mass is 10.3. The molecule has 0 aliphatic carbocycles. The summed E-state index contributed by atoms with van der Waals surface area (Å²) >= 11 is 2.55. The quantitative estimate of drug-likeness (QED) is 0.569. The van der Waals surface area contributed by atoms with Crippen molar-refractivity contribution in [3.63, 3.8) is 0 Å². The topological polar surface area (TPSA) is 104 Å². The molecule has 2 aromatic heterocycles. The fourth-order valence-corrected chi connectivity index (χ4v) is 3.43. The molecule has 0 radical (unpaired) electrons. The number of hydrogen-bond donors (Lipinski definition) is 1. The van der Waals surface area contributed by atoms with E-state index in [-0.39, 0.29) is 17.8 Å². The summed E-state index contributed by atoms with van der Waals surface area (Å²) in [5.41, 5.74) is 1.56. The molecule has 11 heteroatoms. The number of nitrogens with one attached hydrogen (secondary N) is 1. The molecule has 3 rings (SSSR count). The van der Waals surface area contributed by atoms with Crippen molar-refractivity contribution in [3.05, 3.63) is 35.6 Å². The molecule has 0 aliphatic rings. The zero-order valence-electron chi connectivity index (χ0n) is 14.9. The number of aromatic nitrogens is 5. The van der Waals surface area contributed by atoms with Gasteiger partial charge in [0.25, 0.3) is 0 Å². The average Bonchev–Trinajstić information content (AvgIpc) is 3.30. The first-order valence-electron chi connectivity index (χ1n) is 7.95. The number of carbonyl (C=O) groups excluding carboxylic acids is 1. The summed E-state index contributed by atoms with van der Waals surface area (Å²) in [4.78, 5) is 12.0.